The molecule has 1 N–H and O–H groups in total. The Morgan fingerprint density at radius 2 is 2.44 bits per heavy atom. The Bertz CT molecular complexity index is 801. The molecular weight excluding hydrogens is 258 g/mol. The van der Waals surface area contributed by atoms with Crippen molar-refractivity contribution in [3.05, 3.63) is 22.1 Å². The second kappa shape index (κ2) is 3.88. The number of nitrogens with one attached hydrogen (secondary N) is 1. The van der Waals surface area contributed by atoms with Crippen LogP contribution in [0.2, 0.25) is 0 Å². The van der Waals surface area contributed by atoms with Crippen LogP contribution in [0, 0.1) is 0 Å². The molecule has 8 nitrogen and oxygen atoms in total. The largest absolute Gasteiger partial charge is 0.462 e. The van der Waals surface area contributed by atoms with E-state index >= 15 is 0 Å². The highest BCUT2D eigenvalue weighted by molar-refractivity contribution is 7.12. The smallest absolute Gasteiger partial charge is 0.343 e. The molecule has 0 atom stereocenters. The summed E-state index contributed by atoms with van der Waals surface area (Å²) in [6.45, 7) is 1.96. The van der Waals surface area contributed by atoms with E-state index in [9.17, 15) is 9.59 Å². The molecule has 0 fully saturated rings. The lowest BCUT2D eigenvalue weighted by molar-refractivity contribution is 0.0528. The quantitative estimate of drug-likeness (QED) is 0.664. The molecule has 0 aliphatic heterocycles. The van der Waals surface area contributed by atoms with Gasteiger partial charge >= 0.3 is 5.97 Å². The highest BCUT2D eigenvalue weighted by Crippen LogP contribution is 2.15. The molecule has 3 heterocycles. The van der Waals surface area contributed by atoms with Crippen LogP contribution in [0.1, 0.15) is 17.3 Å². The zero-order valence-corrected chi connectivity index (χ0v) is 10.0. The standard InChI is InChI=1S/C9H7N5O3S/c1-2-17-9(16)4-3-10-14-6(4)11-7(15)5-8(14)18-13-12-5/h3H,2H2,1H3,(H,11,15). The predicted molar refractivity (Wildman–Crippen MR) is 62.7 cm³/mol. The highest BCUT2D eigenvalue weighted by Gasteiger charge is 2.18. The van der Waals surface area contributed by atoms with Crippen molar-refractivity contribution >= 4 is 33.5 Å². The Hall–Kier alpha value is -2.29. The number of carbonyl (C=O) groups excluding carboxylic acids is 1. The molecule has 3 rings (SSSR count). The number of nitrogens with zero attached hydrogens (tertiary/aromatic N) is 4. The summed E-state index contributed by atoms with van der Waals surface area (Å²) in [4.78, 5) is 26.5. The van der Waals surface area contributed by atoms with E-state index in [1.54, 1.807) is 6.92 Å². The van der Waals surface area contributed by atoms with Gasteiger partial charge in [-0.2, -0.15) is 5.10 Å². The van der Waals surface area contributed by atoms with Gasteiger partial charge in [0.25, 0.3) is 5.56 Å². The molecule has 0 radical (unpaired) electrons. The third-order valence-corrected chi connectivity index (χ3v) is 3.08. The van der Waals surface area contributed by atoms with E-state index in [2.05, 4.69) is 19.7 Å². The van der Waals surface area contributed by atoms with Crippen LogP contribution in [0.4, 0.5) is 0 Å². The minimum atomic E-state index is -0.528. The van der Waals surface area contributed by atoms with Crippen molar-refractivity contribution in [3.8, 4) is 0 Å². The van der Waals surface area contributed by atoms with Crippen molar-refractivity contribution in [2.75, 3.05) is 6.61 Å². The molecule has 0 aromatic carbocycles. The average Bonchev–Trinajstić information content (AvgIpc) is 2.94. The lowest BCUT2D eigenvalue weighted by atomic mass is 10.3. The van der Waals surface area contributed by atoms with Crippen molar-refractivity contribution in [1.29, 1.82) is 0 Å². The number of aromatic nitrogens is 5. The molecule has 9 heteroatoms. The molecule has 3 aromatic heterocycles. The second-order valence-corrected chi connectivity index (χ2v) is 4.15. The van der Waals surface area contributed by atoms with Gasteiger partial charge in [-0.05, 0) is 6.92 Å². The first-order valence-corrected chi connectivity index (χ1v) is 5.89. The van der Waals surface area contributed by atoms with Crippen molar-refractivity contribution in [1.82, 2.24) is 24.2 Å². The van der Waals surface area contributed by atoms with Gasteiger partial charge in [0.15, 0.2) is 16.0 Å². The predicted octanol–water partition coefficient (Wildman–Crippen LogP) is 0.204. The minimum absolute atomic E-state index is 0.200. The summed E-state index contributed by atoms with van der Waals surface area (Å²) in [5.41, 5.74) is 0.296. The summed E-state index contributed by atoms with van der Waals surface area (Å²) < 4.78 is 10.0. The number of rotatable bonds is 2. The Morgan fingerprint density at radius 1 is 1.61 bits per heavy atom. The fraction of sp³-hybridized carbons (Fsp3) is 0.222. The van der Waals surface area contributed by atoms with E-state index < -0.39 is 11.5 Å². The topological polar surface area (TPSA) is 102 Å². The monoisotopic (exact) mass is 265 g/mol. The first kappa shape index (κ1) is 10.8. The minimum Gasteiger partial charge on any atom is -0.462 e. The molecule has 0 bridgehead atoms. The molecule has 3 aromatic rings. The lowest BCUT2D eigenvalue weighted by Crippen LogP contribution is -2.12. The van der Waals surface area contributed by atoms with Gasteiger partial charge in [0.1, 0.15) is 5.56 Å². The highest BCUT2D eigenvalue weighted by atomic mass is 32.1. The maximum atomic E-state index is 11.7. The molecule has 0 amide bonds. The first-order valence-electron chi connectivity index (χ1n) is 5.11. The zero-order chi connectivity index (χ0) is 12.7. The Kier molecular flexibility index (Phi) is 2.33. The van der Waals surface area contributed by atoms with Crippen LogP contribution < -0.4 is 5.56 Å². The Labute approximate surface area is 103 Å². The van der Waals surface area contributed by atoms with Crippen LogP contribution in [0.5, 0.6) is 0 Å². The van der Waals surface area contributed by atoms with E-state index in [-0.39, 0.29) is 23.3 Å². The molecule has 0 unspecified atom stereocenters. The van der Waals surface area contributed by atoms with Crippen molar-refractivity contribution in [3.63, 3.8) is 0 Å². The van der Waals surface area contributed by atoms with E-state index in [0.29, 0.717) is 4.83 Å². The molecular formula is C9H7N5O3S. The van der Waals surface area contributed by atoms with Gasteiger partial charge in [-0.1, -0.05) is 4.49 Å². The van der Waals surface area contributed by atoms with Crippen LogP contribution >= 0.6 is 11.5 Å². The molecule has 0 aliphatic rings. The summed E-state index contributed by atoms with van der Waals surface area (Å²) in [6.07, 6.45) is 1.35. The normalized spacial score (nSPS) is 11.2. The number of esters is 1. The molecule has 0 saturated carbocycles. The van der Waals surface area contributed by atoms with Crippen molar-refractivity contribution in [2.45, 2.75) is 6.92 Å². The number of hydrogen-bond donors (Lipinski definition) is 1. The third kappa shape index (κ3) is 1.40. The number of aromatic amines is 1. The summed E-state index contributed by atoms with van der Waals surface area (Å²) in [5.74, 6) is -0.528. The number of carbonyl (C=O) groups is 1. The molecule has 0 saturated heterocycles. The van der Waals surface area contributed by atoms with Gasteiger partial charge in [-0.3, -0.25) is 4.79 Å². The van der Waals surface area contributed by atoms with Crippen LogP contribution in [0.25, 0.3) is 16.0 Å². The van der Waals surface area contributed by atoms with E-state index in [0.717, 1.165) is 11.5 Å². The van der Waals surface area contributed by atoms with E-state index in [4.69, 9.17) is 4.74 Å². The molecule has 0 spiro atoms. The SMILES string of the molecule is CCOC(=O)c1cnn2c1[nH]c(=O)c1nnsc12. The summed E-state index contributed by atoms with van der Waals surface area (Å²) >= 11 is 1.04. The van der Waals surface area contributed by atoms with Gasteiger partial charge in [-0.25, -0.2) is 9.31 Å². The molecule has 0 aliphatic carbocycles. The molecule has 18 heavy (non-hydrogen) atoms. The zero-order valence-electron chi connectivity index (χ0n) is 9.21. The Balaban J connectivity index is 2.34. The van der Waals surface area contributed by atoms with E-state index in [1.165, 1.54) is 10.7 Å². The summed E-state index contributed by atoms with van der Waals surface area (Å²) in [6, 6.07) is 0. The third-order valence-electron chi connectivity index (χ3n) is 2.37. The van der Waals surface area contributed by atoms with Gasteiger partial charge < -0.3 is 9.72 Å². The maximum Gasteiger partial charge on any atom is 0.343 e. The number of hydrogen-bond acceptors (Lipinski definition) is 7. The fourth-order valence-corrected chi connectivity index (χ4v) is 2.25. The van der Waals surface area contributed by atoms with Gasteiger partial charge in [0.05, 0.1) is 12.8 Å². The Morgan fingerprint density at radius 3 is 3.22 bits per heavy atom. The summed E-state index contributed by atoms with van der Waals surface area (Å²) in [5, 5.41) is 7.75. The van der Waals surface area contributed by atoms with Crippen LogP contribution in [0.3, 0.4) is 0 Å². The van der Waals surface area contributed by atoms with Gasteiger partial charge in [-0.15, -0.1) is 5.10 Å². The van der Waals surface area contributed by atoms with Gasteiger partial charge in [0.2, 0.25) is 0 Å². The lowest BCUT2D eigenvalue weighted by Gasteiger charge is -1.99. The second-order valence-electron chi connectivity index (χ2n) is 3.42. The number of ether oxygens (including phenoxy) is 1. The number of fused-ring (bicyclic) bond motifs is 3. The van der Waals surface area contributed by atoms with Crippen molar-refractivity contribution in [2.24, 2.45) is 0 Å². The summed E-state index contributed by atoms with van der Waals surface area (Å²) in [7, 11) is 0. The van der Waals surface area contributed by atoms with Crippen LogP contribution in [-0.4, -0.2) is 36.8 Å². The fourth-order valence-electron chi connectivity index (χ4n) is 1.62. The van der Waals surface area contributed by atoms with Gasteiger partial charge in [0, 0.05) is 11.5 Å². The van der Waals surface area contributed by atoms with Crippen LogP contribution in [0.15, 0.2) is 11.0 Å². The average molecular weight is 265 g/mol. The molecule has 92 valence electrons. The first-order chi connectivity index (χ1) is 8.72. The maximum absolute atomic E-state index is 11.7. The van der Waals surface area contributed by atoms with E-state index in [1.807, 2.05) is 0 Å². The van der Waals surface area contributed by atoms with Crippen molar-refractivity contribution < 1.29 is 9.53 Å². The van der Waals surface area contributed by atoms with Crippen LogP contribution in [-0.2, 0) is 4.74 Å². The number of H-pyrrole nitrogens is 1.